The molecule has 0 fully saturated rings. The average molecular weight is 194 g/mol. The first-order valence-electron chi connectivity index (χ1n) is 4.32. The highest BCUT2D eigenvalue weighted by Crippen LogP contribution is 2.33. The number of carboxylic acid groups (broad SMARTS) is 1. The van der Waals surface area contributed by atoms with E-state index in [-0.39, 0.29) is 13.2 Å². The Balaban J connectivity index is 2.26. The minimum atomic E-state index is -0.869. The van der Waals surface area contributed by atoms with Gasteiger partial charge in [-0.15, -0.1) is 0 Å². The second-order valence-electron chi connectivity index (χ2n) is 3.05. The van der Waals surface area contributed by atoms with E-state index in [1.807, 2.05) is 24.3 Å². The molecule has 1 aliphatic rings. The average Bonchev–Trinajstić information content (AvgIpc) is 2.18. The number of para-hydroxylation sites is 1. The molecule has 0 aromatic heterocycles. The lowest BCUT2D eigenvalue weighted by molar-refractivity contribution is -0.143. The molecule has 14 heavy (non-hydrogen) atoms. The predicted molar refractivity (Wildman–Crippen MR) is 48.0 cm³/mol. The van der Waals surface area contributed by atoms with Crippen molar-refractivity contribution in [1.29, 1.82) is 0 Å². The maximum absolute atomic E-state index is 10.6. The zero-order chi connectivity index (χ0) is 9.97. The number of carbonyl (C=O) groups is 1. The lowest BCUT2D eigenvalue weighted by Crippen LogP contribution is -2.19. The lowest BCUT2D eigenvalue weighted by Gasteiger charge is -2.24. The number of hydrogen-bond acceptors (Lipinski definition) is 3. The minimum Gasteiger partial charge on any atom is -0.481 e. The van der Waals surface area contributed by atoms with Crippen molar-refractivity contribution in [1.82, 2.24) is 0 Å². The number of benzene rings is 1. The molecule has 1 aliphatic heterocycles. The summed E-state index contributed by atoms with van der Waals surface area (Å²) < 4.78 is 10.4. The highest BCUT2D eigenvalue weighted by molar-refractivity contribution is 5.68. The Morgan fingerprint density at radius 3 is 3.07 bits per heavy atom. The zero-order valence-corrected chi connectivity index (χ0v) is 7.47. The molecule has 0 aliphatic carbocycles. The van der Waals surface area contributed by atoms with E-state index >= 15 is 0 Å². The predicted octanol–water partition coefficient (Wildman–Crippen LogP) is 1.57. The minimum absolute atomic E-state index is 0.0274. The van der Waals surface area contributed by atoms with E-state index in [1.54, 1.807) is 0 Å². The first kappa shape index (κ1) is 9.02. The van der Waals surface area contributed by atoms with Crippen molar-refractivity contribution in [2.45, 2.75) is 12.5 Å². The summed E-state index contributed by atoms with van der Waals surface area (Å²) in [6, 6.07) is 7.32. The van der Waals surface area contributed by atoms with Gasteiger partial charge in [-0.1, -0.05) is 18.2 Å². The Hall–Kier alpha value is -1.55. The van der Waals surface area contributed by atoms with Crippen LogP contribution in [-0.2, 0) is 9.53 Å². The SMILES string of the molecule is O=C(O)CC1OCOc2ccccc21. The fourth-order valence-electron chi connectivity index (χ4n) is 1.47. The van der Waals surface area contributed by atoms with Crippen molar-refractivity contribution in [3.8, 4) is 5.75 Å². The van der Waals surface area contributed by atoms with Crippen molar-refractivity contribution < 1.29 is 19.4 Å². The normalized spacial score (nSPS) is 19.6. The highest BCUT2D eigenvalue weighted by atomic mass is 16.7. The molecule has 2 rings (SSSR count). The summed E-state index contributed by atoms with van der Waals surface area (Å²) in [6.07, 6.45) is -0.419. The molecule has 74 valence electrons. The molecule has 0 saturated heterocycles. The summed E-state index contributed by atoms with van der Waals surface area (Å²) in [5.41, 5.74) is 0.807. The van der Waals surface area contributed by atoms with Gasteiger partial charge in [0.2, 0.25) is 0 Å². The van der Waals surface area contributed by atoms with Gasteiger partial charge >= 0.3 is 5.97 Å². The molecule has 0 bridgehead atoms. The molecular formula is C10H10O4. The number of rotatable bonds is 2. The van der Waals surface area contributed by atoms with E-state index in [0.717, 1.165) is 5.56 Å². The van der Waals surface area contributed by atoms with Crippen LogP contribution in [0.5, 0.6) is 5.75 Å². The molecule has 4 heteroatoms. The fourth-order valence-corrected chi connectivity index (χ4v) is 1.47. The first-order valence-corrected chi connectivity index (χ1v) is 4.32. The Morgan fingerprint density at radius 1 is 1.50 bits per heavy atom. The van der Waals surface area contributed by atoms with Gasteiger partial charge in [0.05, 0.1) is 6.42 Å². The Morgan fingerprint density at radius 2 is 2.29 bits per heavy atom. The highest BCUT2D eigenvalue weighted by Gasteiger charge is 2.23. The number of fused-ring (bicyclic) bond motifs is 1. The van der Waals surface area contributed by atoms with Gasteiger partial charge in [-0.3, -0.25) is 4.79 Å². The van der Waals surface area contributed by atoms with Crippen molar-refractivity contribution in [2.24, 2.45) is 0 Å². The van der Waals surface area contributed by atoms with Gasteiger partial charge in [0.1, 0.15) is 11.9 Å². The number of hydrogen-bond donors (Lipinski definition) is 1. The maximum Gasteiger partial charge on any atom is 0.306 e. The van der Waals surface area contributed by atoms with Crippen molar-refractivity contribution in [3.63, 3.8) is 0 Å². The third-order valence-electron chi connectivity index (χ3n) is 2.11. The van der Waals surface area contributed by atoms with Gasteiger partial charge in [-0.05, 0) is 6.07 Å². The Kier molecular flexibility index (Phi) is 2.37. The number of ether oxygens (including phenoxy) is 2. The molecule has 4 nitrogen and oxygen atoms in total. The van der Waals surface area contributed by atoms with Gasteiger partial charge in [-0.25, -0.2) is 0 Å². The van der Waals surface area contributed by atoms with E-state index in [0.29, 0.717) is 5.75 Å². The summed E-state index contributed by atoms with van der Waals surface area (Å²) in [5.74, 6) is -0.156. The number of aliphatic carboxylic acids is 1. The van der Waals surface area contributed by atoms with Crippen LogP contribution in [0.3, 0.4) is 0 Å². The molecule has 0 amide bonds. The molecule has 0 spiro atoms. The molecule has 1 aromatic carbocycles. The van der Waals surface area contributed by atoms with Gasteiger partial charge in [0.15, 0.2) is 6.79 Å². The summed E-state index contributed by atoms with van der Waals surface area (Å²) >= 11 is 0. The summed E-state index contributed by atoms with van der Waals surface area (Å²) in [6.45, 7) is 0.120. The van der Waals surface area contributed by atoms with E-state index in [9.17, 15) is 4.79 Å². The second kappa shape index (κ2) is 3.67. The molecular weight excluding hydrogens is 184 g/mol. The van der Waals surface area contributed by atoms with E-state index in [2.05, 4.69) is 0 Å². The zero-order valence-electron chi connectivity index (χ0n) is 7.47. The van der Waals surface area contributed by atoms with Crippen LogP contribution < -0.4 is 4.74 Å². The smallest absolute Gasteiger partial charge is 0.306 e. The second-order valence-corrected chi connectivity index (χ2v) is 3.05. The van der Waals surface area contributed by atoms with Crippen LogP contribution in [0.15, 0.2) is 24.3 Å². The molecule has 1 unspecified atom stereocenters. The van der Waals surface area contributed by atoms with Gasteiger partial charge in [0.25, 0.3) is 0 Å². The van der Waals surface area contributed by atoms with Gasteiger partial charge < -0.3 is 14.6 Å². The third kappa shape index (κ3) is 1.70. The molecule has 0 saturated carbocycles. The van der Waals surface area contributed by atoms with Crippen LogP contribution in [0.4, 0.5) is 0 Å². The van der Waals surface area contributed by atoms with Crippen LogP contribution in [0.2, 0.25) is 0 Å². The van der Waals surface area contributed by atoms with Crippen LogP contribution in [-0.4, -0.2) is 17.9 Å². The molecule has 1 atom stereocenters. The monoisotopic (exact) mass is 194 g/mol. The van der Waals surface area contributed by atoms with Crippen molar-refractivity contribution in [2.75, 3.05) is 6.79 Å². The summed E-state index contributed by atoms with van der Waals surface area (Å²) in [4.78, 5) is 10.6. The van der Waals surface area contributed by atoms with Gasteiger partial charge in [-0.2, -0.15) is 0 Å². The molecule has 1 N–H and O–H groups in total. The molecule has 1 heterocycles. The van der Waals surface area contributed by atoms with E-state index in [4.69, 9.17) is 14.6 Å². The third-order valence-corrected chi connectivity index (χ3v) is 2.11. The topological polar surface area (TPSA) is 55.8 Å². The quantitative estimate of drug-likeness (QED) is 0.776. The van der Waals surface area contributed by atoms with Crippen molar-refractivity contribution in [3.05, 3.63) is 29.8 Å². The lowest BCUT2D eigenvalue weighted by atomic mass is 10.0. The van der Waals surface area contributed by atoms with Crippen LogP contribution in [0, 0.1) is 0 Å². The first-order chi connectivity index (χ1) is 6.77. The fraction of sp³-hybridized carbons (Fsp3) is 0.300. The maximum atomic E-state index is 10.6. The summed E-state index contributed by atoms with van der Waals surface area (Å²) in [7, 11) is 0. The van der Waals surface area contributed by atoms with Crippen molar-refractivity contribution >= 4 is 5.97 Å². The Bertz CT molecular complexity index is 348. The molecule has 1 aromatic rings. The van der Waals surface area contributed by atoms with Crippen LogP contribution in [0.25, 0.3) is 0 Å². The van der Waals surface area contributed by atoms with E-state index < -0.39 is 12.1 Å². The largest absolute Gasteiger partial charge is 0.481 e. The van der Waals surface area contributed by atoms with Crippen LogP contribution in [0.1, 0.15) is 18.1 Å². The number of carboxylic acids is 1. The van der Waals surface area contributed by atoms with Crippen LogP contribution >= 0.6 is 0 Å². The molecule has 0 radical (unpaired) electrons. The van der Waals surface area contributed by atoms with Gasteiger partial charge in [0, 0.05) is 5.56 Å². The standard InChI is InChI=1S/C10H10O4/c11-10(12)5-9-7-3-1-2-4-8(7)13-6-14-9/h1-4,9H,5-6H2,(H,11,12). The summed E-state index contributed by atoms with van der Waals surface area (Å²) in [5, 5.41) is 8.67. The van der Waals surface area contributed by atoms with E-state index in [1.165, 1.54) is 0 Å². The Labute approximate surface area is 81.1 Å².